The zero-order valence-electron chi connectivity index (χ0n) is 19.4. The van der Waals surface area contributed by atoms with Crippen molar-refractivity contribution in [1.82, 2.24) is 24.4 Å². The van der Waals surface area contributed by atoms with Gasteiger partial charge in [0.1, 0.15) is 35.4 Å². The van der Waals surface area contributed by atoms with Crippen LogP contribution in [0.5, 0.6) is 0 Å². The molecule has 0 bridgehead atoms. The van der Waals surface area contributed by atoms with Gasteiger partial charge in [0.05, 0.1) is 5.69 Å². The molecule has 0 unspecified atom stereocenters. The molecular formula is C25H29FN8. The maximum atomic E-state index is 14.2. The topological polar surface area (TPSA) is 99.9 Å². The Morgan fingerprint density at radius 3 is 2.62 bits per heavy atom. The minimum absolute atomic E-state index is 0.208. The number of nitriles is 1. The molecule has 3 aromatic rings. The molecule has 0 atom stereocenters. The van der Waals surface area contributed by atoms with Gasteiger partial charge in [-0.1, -0.05) is 12.1 Å². The highest BCUT2D eigenvalue weighted by atomic mass is 19.1. The van der Waals surface area contributed by atoms with E-state index in [0.29, 0.717) is 16.9 Å². The third-order valence-corrected chi connectivity index (χ3v) is 7.01. The first-order chi connectivity index (χ1) is 16.5. The molecule has 2 N–H and O–H groups in total. The molecule has 9 heteroatoms. The second-order valence-electron chi connectivity index (χ2n) is 9.17. The Hall–Kier alpha value is -3.51. The van der Waals surface area contributed by atoms with E-state index in [4.69, 9.17) is 10.7 Å². The quantitative estimate of drug-likeness (QED) is 0.602. The number of nitrogens with two attached hydrogens (primary N) is 1. The molecule has 2 aliphatic heterocycles. The number of anilines is 2. The number of halogens is 1. The van der Waals surface area contributed by atoms with Crippen LogP contribution in [0.1, 0.15) is 42.1 Å². The predicted octanol–water partition coefficient (Wildman–Crippen LogP) is 3.33. The maximum absolute atomic E-state index is 14.2. The van der Waals surface area contributed by atoms with Crippen molar-refractivity contribution in [1.29, 1.82) is 5.26 Å². The molecule has 34 heavy (non-hydrogen) atoms. The Morgan fingerprint density at radius 1 is 1.15 bits per heavy atom. The molecule has 1 aromatic carbocycles. The van der Waals surface area contributed by atoms with Crippen molar-refractivity contribution in [2.24, 2.45) is 0 Å². The first kappa shape index (κ1) is 22.3. The van der Waals surface area contributed by atoms with E-state index in [1.807, 2.05) is 12.1 Å². The number of aryl methyl sites for hydroxylation is 1. The number of benzene rings is 1. The summed E-state index contributed by atoms with van der Waals surface area (Å²) in [5.41, 5.74) is 8.47. The summed E-state index contributed by atoms with van der Waals surface area (Å²) in [6, 6.07) is 7.46. The van der Waals surface area contributed by atoms with E-state index < -0.39 is 0 Å². The average Bonchev–Trinajstić information content (AvgIpc) is 3.24. The Balaban J connectivity index is 1.38. The molecule has 8 nitrogen and oxygen atoms in total. The summed E-state index contributed by atoms with van der Waals surface area (Å²) in [5, 5.41) is 9.49. The van der Waals surface area contributed by atoms with Crippen LogP contribution in [0.4, 0.5) is 16.0 Å². The lowest BCUT2D eigenvalue weighted by atomic mass is 9.95. The van der Waals surface area contributed by atoms with Crippen LogP contribution in [-0.2, 0) is 6.54 Å². The number of aromatic nitrogens is 4. The van der Waals surface area contributed by atoms with E-state index in [-0.39, 0.29) is 17.6 Å². The number of nitrogen functional groups attached to an aromatic ring is 1. The fraction of sp³-hybridized carbons (Fsp3) is 0.440. The maximum Gasteiger partial charge on any atom is 0.152 e. The highest BCUT2D eigenvalue weighted by Crippen LogP contribution is 2.33. The van der Waals surface area contributed by atoms with Crippen LogP contribution in [0.3, 0.4) is 0 Å². The van der Waals surface area contributed by atoms with Crippen LogP contribution in [-0.4, -0.2) is 57.1 Å². The monoisotopic (exact) mass is 460 g/mol. The number of imidazole rings is 1. The van der Waals surface area contributed by atoms with Gasteiger partial charge in [-0.3, -0.25) is 0 Å². The highest BCUT2D eigenvalue weighted by Gasteiger charge is 2.28. The number of rotatable bonds is 6. The molecule has 0 radical (unpaired) electrons. The minimum atomic E-state index is -0.208. The Kier molecular flexibility index (Phi) is 6.16. The standard InChI is InChI=1S/C25H29FN8/c1-17-3-4-19(13-21(17)26)22-15-34(12-11-32-7-2-8-32)24(31-22)18-5-9-33(10-6-18)25-20(14-27)23(28)29-16-30-25/h3-4,13,15-16,18H,2,5-12H2,1H3,(H2,28,29,30). The summed E-state index contributed by atoms with van der Waals surface area (Å²) in [6.45, 7) is 7.45. The van der Waals surface area contributed by atoms with E-state index in [1.54, 1.807) is 13.0 Å². The fourth-order valence-electron chi connectivity index (χ4n) is 4.77. The summed E-state index contributed by atoms with van der Waals surface area (Å²) >= 11 is 0. The van der Waals surface area contributed by atoms with Crippen LogP contribution < -0.4 is 10.6 Å². The van der Waals surface area contributed by atoms with E-state index >= 15 is 0 Å². The van der Waals surface area contributed by atoms with Gasteiger partial charge in [0, 0.05) is 43.9 Å². The molecule has 2 saturated heterocycles. The largest absolute Gasteiger partial charge is 0.382 e. The van der Waals surface area contributed by atoms with Crippen LogP contribution >= 0.6 is 0 Å². The second kappa shape index (κ2) is 9.39. The smallest absolute Gasteiger partial charge is 0.152 e. The minimum Gasteiger partial charge on any atom is -0.382 e. The zero-order chi connectivity index (χ0) is 23.7. The molecule has 2 fully saturated rings. The molecular weight excluding hydrogens is 431 g/mol. The average molecular weight is 461 g/mol. The SMILES string of the molecule is Cc1ccc(-c2cn(CCN3CCC3)c(C3CCN(c4ncnc(N)c4C#N)CC3)n2)cc1F. The molecule has 2 aromatic heterocycles. The van der Waals surface area contributed by atoms with Crippen molar-refractivity contribution in [3.8, 4) is 17.3 Å². The molecule has 176 valence electrons. The number of nitrogens with zero attached hydrogens (tertiary/aromatic N) is 7. The summed E-state index contributed by atoms with van der Waals surface area (Å²) in [4.78, 5) is 17.8. The van der Waals surface area contributed by atoms with Crippen molar-refractivity contribution in [3.05, 3.63) is 53.5 Å². The first-order valence-electron chi connectivity index (χ1n) is 11.8. The Bertz CT molecular complexity index is 1220. The van der Waals surface area contributed by atoms with Crippen LogP contribution in [0.25, 0.3) is 11.3 Å². The summed E-state index contributed by atoms with van der Waals surface area (Å²) in [7, 11) is 0. The van der Waals surface area contributed by atoms with Gasteiger partial charge in [0.15, 0.2) is 5.82 Å². The fourth-order valence-corrected chi connectivity index (χ4v) is 4.77. The van der Waals surface area contributed by atoms with E-state index in [0.717, 1.165) is 69.2 Å². The molecule has 5 rings (SSSR count). The predicted molar refractivity (Wildman–Crippen MR) is 129 cm³/mol. The summed E-state index contributed by atoms with van der Waals surface area (Å²) < 4.78 is 16.5. The third kappa shape index (κ3) is 4.33. The van der Waals surface area contributed by atoms with Gasteiger partial charge in [-0.15, -0.1) is 0 Å². The van der Waals surface area contributed by atoms with E-state index in [2.05, 4.69) is 36.6 Å². The van der Waals surface area contributed by atoms with Crippen LogP contribution in [0.2, 0.25) is 0 Å². The van der Waals surface area contributed by atoms with Crippen molar-refractivity contribution in [2.75, 3.05) is 43.4 Å². The van der Waals surface area contributed by atoms with Crippen molar-refractivity contribution >= 4 is 11.6 Å². The third-order valence-electron chi connectivity index (χ3n) is 7.01. The Labute approximate surface area is 198 Å². The van der Waals surface area contributed by atoms with E-state index in [9.17, 15) is 9.65 Å². The normalized spacial score (nSPS) is 16.9. The van der Waals surface area contributed by atoms with Gasteiger partial charge < -0.3 is 20.1 Å². The highest BCUT2D eigenvalue weighted by molar-refractivity contribution is 5.63. The lowest BCUT2D eigenvalue weighted by Gasteiger charge is -2.34. The van der Waals surface area contributed by atoms with Crippen molar-refractivity contribution < 1.29 is 4.39 Å². The van der Waals surface area contributed by atoms with Gasteiger partial charge >= 0.3 is 0 Å². The number of hydrogen-bond donors (Lipinski definition) is 1. The lowest BCUT2D eigenvalue weighted by molar-refractivity contribution is 0.173. The van der Waals surface area contributed by atoms with Crippen LogP contribution in [0, 0.1) is 24.1 Å². The molecule has 0 saturated carbocycles. The van der Waals surface area contributed by atoms with Gasteiger partial charge in [-0.25, -0.2) is 19.3 Å². The summed E-state index contributed by atoms with van der Waals surface area (Å²) in [5.74, 6) is 1.94. The molecule has 0 amide bonds. The van der Waals surface area contributed by atoms with Gasteiger partial charge in [0.25, 0.3) is 0 Å². The molecule has 4 heterocycles. The lowest BCUT2D eigenvalue weighted by Crippen LogP contribution is -2.39. The van der Waals surface area contributed by atoms with Crippen molar-refractivity contribution in [2.45, 2.75) is 38.6 Å². The Morgan fingerprint density at radius 2 is 1.94 bits per heavy atom. The molecule has 0 aliphatic carbocycles. The number of hydrogen-bond acceptors (Lipinski definition) is 7. The molecule has 2 aliphatic rings. The van der Waals surface area contributed by atoms with Crippen LogP contribution in [0.15, 0.2) is 30.7 Å². The van der Waals surface area contributed by atoms with Gasteiger partial charge in [0.2, 0.25) is 0 Å². The van der Waals surface area contributed by atoms with Crippen molar-refractivity contribution in [3.63, 3.8) is 0 Å². The zero-order valence-corrected chi connectivity index (χ0v) is 19.4. The first-order valence-corrected chi connectivity index (χ1v) is 11.8. The summed E-state index contributed by atoms with van der Waals surface area (Å²) in [6.07, 6.45) is 6.52. The second-order valence-corrected chi connectivity index (χ2v) is 9.17. The van der Waals surface area contributed by atoms with Gasteiger partial charge in [-0.2, -0.15) is 5.26 Å². The number of likely N-dealkylation sites (tertiary alicyclic amines) is 1. The van der Waals surface area contributed by atoms with Gasteiger partial charge in [-0.05, 0) is 50.9 Å². The number of piperidine rings is 1. The van der Waals surface area contributed by atoms with E-state index in [1.165, 1.54) is 12.7 Å². The molecule has 0 spiro atoms.